The molecule has 2 nitrogen and oxygen atoms in total. The monoisotopic (exact) mass is 227 g/mol. The number of benzene rings is 1. The Morgan fingerprint density at radius 3 is 2.71 bits per heavy atom. The summed E-state index contributed by atoms with van der Waals surface area (Å²) in [7, 11) is 1.48. The molecule has 0 fully saturated rings. The third-order valence-electron chi connectivity index (χ3n) is 1.61. The number of hydrogen-bond acceptors (Lipinski definition) is 2. The van der Waals surface area contributed by atoms with Crippen LogP contribution in [-0.4, -0.2) is 7.11 Å². The zero-order valence-electron chi connectivity index (χ0n) is 7.42. The van der Waals surface area contributed by atoms with Gasteiger partial charge in [-0.15, -0.1) is 0 Å². The van der Waals surface area contributed by atoms with E-state index in [1.165, 1.54) is 13.2 Å². The van der Waals surface area contributed by atoms with Gasteiger partial charge in [0.1, 0.15) is 5.76 Å². The van der Waals surface area contributed by atoms with E-state index in [4.69, 9.17) is 33.2 Å². The number of halogens is 2. The van der Waals surface area contributed by atoms with Crippen molar-refractivity contribution in [3.05, 3.63) is 39.9 Å². The first kappa shape index (κ1) is 10.9. The van der Waals surface area contributed by atoms with Crippen molar-refractivity contribution in [1.82, 2.24) is 0 Å². The average molecular weight is 228 g/mol. The molecule has 0 spiro atoms. The minimum absolute atomic E-state index is 0.425. The van der Waals surface area contributed by atoms with Crippen molar-refractivity contribution in [2.24, 2.45) is 0 Å². The number of hydrogen-bond donors (Lipinski definition) is 0. The van der Waals surface area contributed by atoms with Gasteiger partial charge in [0.05, 0.1) is 24.3 Å². The number of rotatable bonds is 2. The molecule has 0 heterocycles. The summed E-state index contributed by atoms with van der Waals surface area (Å²) < 4.78 is 5.01. The van der Waals surface area contributed by atoms with Crippen LogP contribution in [0.15, 0.2) is 24.3 Å². The van der Waals surface area contributed by atoms with Crippen molar-refractivity contribution in [2.45, 2.75) is 0 Å². The first-order valence-corrected chi connectivity index (χ1v) is 4.54. The van der Waals surface area contributed by atoms with E-state index in [-0.39, 0.29) is 0 Å². The molecule has 0 bridgehead atoms. The van der Waals surface area contributed by atoms with Crippen molar-refractivity contribution in [3.8, 4) is 6.07 Å². The molecular formula is C10H7Cl2NO. The summed E-state index contributed by atoms with van der Waals surface area (Å²) in [5.41, 5.74) is 0.653. The van der Waals surface area contributed by atoms with Gasteiger partial charge >= 0.3 is 0 Å². The largest absolute Gasteiger partial charge is 0.495 e. The lowest BCUT2D eigenvalue weighted by atomic mass is 10.2. The molecule has 1 aromatic rings. The Hall–Kier alpha value is -1.17. The molecule has 0 unspecified atom stereocenters. The van der Waals surface area contributed by atoms with E-state index >= 15 is 0 Å². The van der Waals surface area contributed by atoms with Gasteiger partial charge in [0.15, 0.2) is 0 Å². The van der Waals surface area contributed by atoms with E-state index in [9.17, 15) is 0 Å². The molecule has 0 saturated carbocycles. The first-order valence-electron chi connectivity index (χ1n) is 3.78. The molecule has 14 heavy (non-hydrogen) atoms. The van der Waals surface area contributed by atoms with Crippen molar-refractivity contribution >= 4 is 29.0 Å². The van der Waals surface area contributed by atoms with Gasteiger partial charge < -0.3 is 4.74 Å². The van der Waals surface area contributed by atoms with Gasteiger partial charge in [0, 0.05) is 10.6 Å². The molecule has 0 aliphatic heterocycles. The van der Waals surface area contributed by atoms with Crippen LogP contribution in [0.25, 0.3) is 5.76 Å². The van der Waals surface area contributed by atoms with Crippen LogP contribution in [0.5, 0.6) is 0 Å². The van der Waals surface area contributed by atoms with Crippen LogP contribution >= 0.6 is 23.2 Å². The zero-order chi connectivity index (χ0) is 10.6. The second-order valence-corrected chi connectivity index (χ2v) is 3.31. The summed E-state index contributed by atoms with van der Waals surface area (Å²) >= 11 is 11.7. The minimum Gasteiger partial charge on any atom is -0.495 e. The molecule has 1 rings (SSSR count). The summed E-state index contributed by atoms with van der Waals surface area (Å²) in [5.74, 6) is 0.425. The summed E-state index contributed by atoms with van der Waals surface area (Å²) in [6.45, 7) is 0. The second-order valence-electron chi connectivity index (χ2n) is 2.47. The number of methoxy groups -OCH3 is 1. The Balaban J connectivity index is 3.19. The van der Waals surface area contributed by atoms with Crippen molar-refractivity contribution < 1.29 is 4.74 Å². The lowest BCUT2D eigenvalue weighted by Crippen LogP contribution is -1.88. The van der Waals surface area contributed by atoms with Gasteiger partial charge in [-0.2, -0.15) is 5.26 Å². The molecule has 1 aromatic carbocycles. The minimum atomic E-state index is 0.425. The Morgan fingerprint density at radius 1 is 1.50 bits per heavy atom. The van der Waals surface area contributed by atoms with Gasteiger partial charge in [-0.3, -0.25) is 0 Å². The number of ether oxygens (including phenoxy) is 1. The summed E-state index contributed by atoms with van der Waals surface area (Å²) in [6, 6.07) is 6.87. The topological polar surface area (TPSA) is 33.0 Å². The highest BCUT2D eigenvalue weighted by molar-refractivity contribution is 6.35. The maximum atomic E-state index is 8.50. The van der Waals surface area contributed by atoms with Crippen LogP contribution in [0.2, 0.25) is 10.0 Å². The molecule has 4 heteroatoms. The maximum absolute atomic E-state index is 8.50. The van der Waals surface area contributed by atoms with Gasteiger partial charge in [0.2, 0.25) is 0 Å². The molecular weight excluding hydrogens is 221 g/mol. The number of nitriles is 1. The normalized spacial score (nSPS) is 10.9. The molecule has 0 N–H and O–H groups in total. The molecule has 0 amide bonds. The van der Waals surface area contributed by atoms with Crippen molar-refractivity contribution in [3.63, 3.8) is 0 Å². The zero-order valence-corrected chi connectivity index (χ0v) is 8.93. The quantitative estimate of drug-likeness (QED) is 0.573. The Bertz CT molecular complexity index is 407. The molecule has 0 aliphatic rings. The van der Waals surface area contributed by atoms with Gasteiger partial charge in [-0.25, -0.2) is 0 Å². The fourth-order valence-corrected chi connectivity index (χ4v) is 1.50. The highest BCUT2D eigenvalue weighted by Gasteiger charge is 2.06. The molecule has 0 radical (unpaired) electrons. The van der Waals surface area contributed by atoms with Crippen LogP contribution in [0.4, 0.5) is 0 Å². The third kappa shape index (κ3) is 2.41. The van der Waals surface area contributed by atoms with E-state index in [0.717, 1.165) is 0 Å². The Kier molecular flexibility index (Phi) is 3.82. The maximum Gasteiger partial charge on any atom is 0.138 e. The van der Waals surface area contributed by atoms with Crippen LogP contribution in [0.1, 0.15) is 5.56 Å². The third-order valence-corrected chi connectivity index (χ3v) is 2.16. The Morgan fingerprint density at radius 2 is 2.21 bits per heavy atom. The standard InChI is InChI=1S/C10H7Cl2NO/c1-14-10(4-5-13)8-3-2-7(11)6-9(8)12/h2-4,6H,1H3/b10-4-. The van der Waals surface area contributed by atoms with E-state index < -0.39 is 0 Å². The van der Waals surface area contributed by atoms with Gasteiger partial charge in [-0.05, 0) is 18.2 Å². The van der Waals surface area contributed by atoms with Crippen molar-refractivity contribution in [1.29, 1.82) is 5.26 Å². The highest BCUT2D eigenvalue weighted by atomic mass is 35.5. The van der Waals surface area contributed by atoms with Crippen molar-refractivity contribution in [2.75, 3.05) is 7.11 Å². The van der Waals surface area contributed by atoms with E-state index in [1.807, 2.05) is 6.07 Å². The number of nitrogens with zero attached hydrogens (tertiary/aromatic N) is 1. The lowest BCUT2D eigenvalue weighted by molar-refractivity contribution is 0.370. The van der Waals surface area contributed by atoms with E-state index in [1.54, 1.807) is 18.2 Å². The average Bonchev–Trinajstić information content (AvgIpc) is 2.15. The van der Waals surface area contributed by atoms with Crippen LogP contribution in [0.3, 0.4) is 0 Å². The predicted molar refractivity (Wildman–Crippen MR) is 57.1 cm³/mol. The molecule has 0 saturated heterocycles. The Labute approximate surface area is 92.3 Å². The predicted octanol–water partition coefficient (Wildman–Crippen LogP) is 3.50. The second kappa shape index (κ2) is 4.90. The highest BCUT2D eigenvalue weighted by Crippen LogP contribution is 2.27. The van der Waals surface area contributed by atoms with Gasteiger partial charge in [0.25, 0.3) is 0 Å². The molecule has 0 atom stereocenters. The molecule has 0 aromatic heterocycles. The summed E-state index contributed by atoms with van der Waals surface area (Å²) in [5, 5.41) is 9.51. The number of allylic oxidation sites excluding steroid dienone is 1. The first-order chi connectivity index (χ1) is 6.69. The SMILES string of the molecule is CO/C(=C\C#N)c1ccc(Cl)cc1Cl. The fourth-order valence-electron chi connectivity index (χ4n) is 0.995. The fraction of sp³-hybridized carbons (Fsp3) is 0.100. The summed E-state index contributed by atoms with van der Waals surface area (Å²) in [4.78, 5) is 0. The van der Waals surface area contributed by atoms with Crippen LogP contribution in [0, 0.1) is 11.3 Å². The van der Waals surface area contributed by atoms with Crippen LogP contribution in [-0.2, 0) is 4.74 Å². The smallest absolute Gasteiger partial charge is 0.138 e. The van der Waals surface area contributed by atoms with Crippen LogP contribution < -0.4 is 0 Å². The van der Waals surface area contributed by atoms with E-state index in [0.29, 0.717) is 21.4 Å². The van der Waals surface area contributed by atoms with E-state index in [2.05, 4.69) is 0 Å². The molecule has 72 valence electrons. The summed E-state index contributed by atoms with van der Waals surface area (Å²) in [6.07, 6.45) is 1.29. The lowest BCUT2D eigenvalue weighted by Gasteiger charge is -2.06. The van der Waals surface area contributed by atoms with Gasteiger partial charge in [-0.1, -0.05) is 23.2 Å². The molecule has 0 aliphatic carbocycles.